The summed E-state index contributed by atoms with van der Waals surface area (Å²) < 4.78 is 0. The average Bonchev–Trinajstić information content (AvgIpc) is 1.86. The van der Waals surface area contributed by atoms with Crippen LogP contribution in [0, 0.1) is 201 Å². The van der Waals surface area contributed by atoms with Crippen LogP contribution in [-0.2, 0) is 294 Å². The summed E-state index contributed by atoms with van der Waals surface area (Å²) in [6.45, 7) is 115. The molecule has 0 aromatic carbocycles. The van der Waals surface area contributed by atoms with Gasteiger partial charge in [-0.2, -0.15) is 150 Å². The van der Waals surface area contributed by atoms with Crippen LogP contribution in [0.25, 0.3) is 0 Å². The SMILES string of the molecule is CC(C)C.CC(C)C.CC(C)C.CC(C)C.CC(C)C.CC(C)C.CC(C)C.CC(C)C.CC(C)C.[CH2-]CC1(C[CH2-])CCCCC1.[CH2-]CCC1([CH2-])CCCC1.[CH2-]CCC1([CH2-])CCCCC1.[CH2-]CCC1([CH2-])CCCCC1.[CH2-]CCC1([CH2-])CCCCC1.[CH2-]CCC[C-]1CCCCC1.[CH2-]CCC[C-]1CCCCC1.[CH2-]CCC[C-]1CCCCC1.[CH2-]CC[C-]1CCCCC1.[Y].[Y].[Y].[Y].[Y].[Y].[Y].[Y].[Y]. The summed E-state index contributed by atoms with van der Waals surface area (Å²) in [4.78, 5) is 0. The summed E-state index contributed by atoms with van der Waals surface area (Å²) in [5.74, 6) is 14.7. The van der Waals surface area contributed by atoms with E-state index in [-0.39, 0.29) is 294 Å². The number of unbranched alkanes of at least 4 members (excludes halogenated alkanes) is 3. The van der Waals surface area contributed by atoms with Crippen molar-refractivity contribution in [3.63, 3.8) is 0 Å². The monoisotopic (exact) mass is 2540 g/mol. The van der Waals surface area contributed by atoms with Gasteiger partial charge in [0.15, 0.2) is 0 Å². The maximum absolute atomic E-state index is 4.28. The fourth-order valence-corrected chi connectivity index (χ4v) is 16.0. The molecule has 0 heterocycles. The third-order valence-corrected chi connectivity index (χ3v) is 22.3. The molecule has 0 amide bonds. The number of hydrogen-bond donors (Lipinski definition) is 0. The molecule has 0 aromatic rings. The van der Waals surface area contributed by atoms with Crippen LogP contribution in [0.4, 0.5) is 0 Å². The van der Waals surface area contributed by atoms with E-state index in [1.807, 2.05) is 17.8 Å². The quantitative estimate of drug-likeness (QED) is 0.101. The molecule has 0 unspecified atom stereocenters. The first-order valence-electron chi connectivity index (χ1n) is 54.9. The van der Waals surface area contributed by atoms with Crippen molar-refractivity contribution in [2.45, 2.75) is 604 Å². The van der Waals surface area contributed by atoms with Crippen molar-refractivity contribution in [3.8, 4) is 0 Å². The Morgan fingerprint density at radius 2 is 0.301 bits per heavy atom. The molecular formula is C124H248Y9-18. The molecule has 0 atom stereocenters. The van der Waals surface area contributed by atoms with Gasteiger partial charge in [-0.1, -0.05) is 424 Å². The molecule has 0 aromatic heterocycles. The van der Waals surface area contributed by atoms with Crippen molar-refractivity contribution in [3.05, 3.63) is 121 Å². The first-order chi connectivity index (χ1) is 58.2. The van der Waals surface area contributed by atoms with Crippen LogP contribution in [0.15, 0.2) is 0 Å². The molecule has 0 bridgehead atoms. The molecule has 0 nitrogen and oxygen atoms in total. The van der Waals surface area contributed by atoms with E-state index in [4.69, 9.17) is 0 Å². The summed E-state index contributed by atoms with van der Waals surface area (Å²) in [6.07, 6.45) is 87.0. The molecule has 0 N–H and O–H groups in total. The maximum atomic E-state index is 4.28. The third kappa shape index (κ3) is 170. The van der Waals surface area contributed by atoms with Crippen LogP contribution in [0.1, 0.15) is 604 Å². The normalized spacial score (nSPS) is 17.8. The van der Waals surface area contributed by atoms with E-state index in [1.165, 1.54) is 353 Å². The van der Waals surface area contributed by atoms with Gasteiger partial charge in [-0.25, -0.2) is 12.8 Å². The molecule has 0 spiro atoms. The Morgan fingerprint density at radius 1 is 0.173 bits per heavy atom. The molecule has 9 radical (unpaired) electrons. The van der Waals surface area contributed by atoms with Crippen molar-refractivity contribution >= 4 is 0 Å². The van der Waals surface area contributed by atoms with Crippen LogP contribution in [0.3, 0.4) is 0 Å². The fourth-order valence-electron chi connectivity index (χ4n) is 16.0. The van der Waals surface area contributed by atoms with E-state index in [9.17, 15) is 0 Å². The van der Waals surface area contributed by atoms with E-state index in [0.717, 1.165) is 117 Å². The molecule has 9 fully saturated rings. The Morgan fingerprint density at radius 3 is 0.421 bits per heavy atom. The second kappa shape index (κ2) is 136. The van der Waals surface area contributed by atoms with Crippen LogP contribution < -0.4 is 0 Å². The van der Waals surface area contributed by atoms with E-state index >= 15 is 0 Å². The van der Waals surface area contributed by atoms with Crippen molar-refractivity contribution in [1.82, 2.24) is 0 Å². The average molecular weight is 2540 g/mol. The Balaban J connectivity index is -0.0000000664. The predicted molar refractivity (Wildman–Crippen MR) is 585 cm³/mol. The summed E-state index contributed by atoms with van der Waals surface area (Å²) in [6, 6.07) is 0. The van der Waals surface area contributed by atoms with Gasteiger partial charge in [0.2, 0.25) is 0 Å². The van der Waals surface area contributed by atoms with E-state index in [2.05, 4.69) is 284 Å². The second-order valence-corrected chi connectivity index (χ2v) is 46.2. The molecule has 9 saturated carbocycles. The molecule has 0 aliphatic heterocycles. The molecule has 9 rings (SSSR count). The smallest absolute Gasteiger partial charge is 0 e. The zero-order valence-corrected chi connectivity index (χ0v) is 123. The molecular weight excluding hydrogens is 2290 g/mol. The Kier molecular flexibility index (Phi) is 189. The maximum Gasteiger partial charge on any atom is 0 e. The van der Waals surface area contributed by atoms with Crippen LogP contribution >= 0.6 is 0 Å². The minimum atomic E-state index is 0. The first-order valence-corrected chi connectivity index (χ1v) is 54.9. The van der Waals surface area contributed by atoms with Gasteiger partial charge in [0, 0.05) is 294 Å². The van der Waals surface area contributed by atoms with Crippen molar-refractivity contribution in [2.24, 2.45) is 80.3 Å². The molecule has 9 aliphatic rings. The molecule has 9 aliphatic carbocycles. The van der Waals surface area contributed by atoms with Gasteiger partial charge in [-0.05, 0) is 53.3 Å². The molecule has 789 valence electrons. The van der Waals surface area contributed by atoms with Gasteiger partial charge < -0.3 is 121 Å². The summed E-state index contributed by atoms with van der Waals surface area (Å²) >= 11 is 0. The largest absolute Gasteiger partial charge is 0.346 e. The Labute approximate surface area is 1080 Å². The standard InChI is InChI=1S/7C10H18.2C9H16.9C4H10.9Y/c3*1-3-7-10(2)8-5-4-6-9-10;1-3-10(4-2)8-6-5-7-9-10;3*1-2-3-7-10-8-5-4-6-9-10;1-3-6-9(2)7-4-5-8-9;1-2-6-9-7-4-3-5-8-9;9*1-4(2)3;;;;;;;;;/h7*1-9H2;2*1-8H2;9*4H,1-3H3;;;;;;;;;/q9*-2;;;;;;;;;;;;;;;;;;. The van der Waals surface area contributed by atoms with E-state index in [1.54, 1.807) is 5.92 Å². The van der Waals surface area contributed by atoms with E-state index in [0.29, 0.717) is 27.1 Å². The van der Waals surface area contributed by atoms with Crippen molar-refractivity contribution < 1.29 is 294 Å². The Bertz CT molecular complexity index is 1610. The van der Waals surface area contributed by atoms with Crippen LogP contribution in [-0.4, -0.2) is 0 Å². The second-order valence-electron chi connectivity index (χ2n) is 46.2. The zero-order valence-electron chi connectivity index (χ0n) is 97.8. The van der Waals surface area contributed by atoms with Gasteiger partial charge >= 0.3 is 0 Å². The number of rotatable bonds is 21. The van der Waals surface area contributed by atoms with Gasteiger partial charge in [0.25, 0.3) is 0 Å². The summed E-state index contributed by atoms with van der Waals surface area (Å²) in [7, 11) is 0. The zero-order chi connectivity index (χ0) is 97.0. The Hall–Kier alpha value is 9.94. The van der Waals surface area contributed by atoms with Gasteiger partial charge in [0.05, 0.1) is 0 Å². The minimum Gasteiger partial charge on any atom is -0.346 e. The minimum absolute atomic E-state index is 0. The molecule has 133 heavy (non-hydrogen) atoms. The van der Waals surface area contributed by atoms with Gasteiger partial charge in [-0.3, -0.25) is 0 Å². The van der Waals surface area contributed by atoms with Gasteiger partial charge in [-0.15, -0.1) is 44.9 Å². The molecule has 9 heteroatoms. The topological polar surface area (TPSA) is 0 Å². The van der Waals surface area contributed by atoms with Crippen LogP contribution in [0.5, 0.6) is 0 Å². The van der Waals surface area contributed by atoms with Crippen molar-refractivity contribution in [1.29, 1.82) is 0 Å². The van der Waals surface area contributed by atoms with Crippen LogP contribution in [0.2, 0.25) is 0 Å². The van der Waals surface area contributed by atoms with E-state index < -0.39 is 0 Å². The third-order valence-electron chi connectivity index (χ3n) is 22.3. The number of hydrogen-bond acceptors (Lipinski definition) is 0. The first kappa shape index (κ1) is 184. The van der Waals surface area contributed by atoms with Crippen molar-refractivity contribution in [2.75, 3.05) is 0 Å². The van der Waals surface area contributed by atoms with Gasteiger partial charge in [0.1, 0.15) is 0 Å². The molecule has 0 saturated heterocycles. The fraction of sp³-hybridized carbons (Fsp3) is 0.855. The summed E-state index contributed by atoms with van der Waals surface area (Å²) in [5.41, 5.74) is 2.22. The predicted octanol–water partition coefficient (Wildman–Crippen LogP) is 45.2. The summed E-state index contributed by atoms with van der Waals surface area (Å²) in [5, 5.41) is 0.